The van der Waals surface area contributed by atoms with Crippen LogP contribution in [0.15, 0.2) is 0 Å². The zero-order valence-corrected chi connectivity index (χ0v) is 9.38. The highest BCUT2D eigenvalue weighted by Crippen LogP contribution is 2.04. The van der Waals surface area contributed by atoms with Gasteiger partial charge in [0, 0.05) is 58.8 Å². The van der Waals surface area contributed by atoms with Crippen LogP contribution in [0.5, 0.6) is 0 Å². The quantitative estimate of drug-likeness (QED) is 0.568. The zero-order valence-electron chi connectivity index (χ0n) is 5.06. The van der Waals surface area contributed by atoms with Crippen molar-refractivity contribution in [3.8, 4) is 0 Å². The highest BCUT2D eigenvalue weighted by atomic mass is 127. The average molecular weight is 340 g/mol. The van der Waals surface area contributed by atoms with Crippen LogP contribution in [0.3, 0.4) is 0 Å². The van der Waals surface area contributed by atoms with Crippen LogP contribution in [0.4, 0.5) is 0 Å². The molecule has 0 spiro atoms. The van der Waals surface area contributed by atoms with E-state index in [0.717, 1.165) is 13.1 Å². The van der Waals surface area contributed by atoms with Gasteiger partial charge in [0.25, 0.3) is 0 Å². The lowest BCUT2D eigenvalue weighted by Gasteiger charge is -2.10. The molecule has 0 aromatic rings. The number of nitrogens with zero attached hydrogens (tertiary/aromatic N) is 2. The van der Waals surface area contributed by atoms with E-state index < -0.39 is 0 Å². The Balaban J connectivity index is 2.93. The van der Waals surface area contributed by atoms with Gasteiger partial charge >= 0.3 is 0 Å². The minimum Gasteiger partial charge on any atom is -0.308 e. The smallest absolute Gasteiger partial charge is 0.0312 e. The maximum atomic E-state index is 2.27. The lowest BCUT2D eigenvalue weighted by Crippen LogP contribution is -2.20. The van der Waals surface area contributed by atoms with Gasteiger partial charge in [-0.15, -0.1) is 0 Å². The predicted octanol–water partition coefficient (Wildman–Crippen LogP) is 1.55. The van der Waals surface area contributed by atoms with Crippen LogP contribution in [0.1, 0.15) is 0 Å². The molecule has 2 nitrogen and oxygen atoms in total. The third kappa shape index (κ3) is 7.38. The fourth-order valence-corrected chi connectivity index (χ4v) is 0.707. The molecule has 50 valence electrons. The van der Waals surface area contributed by atoms with Crippen molar-refractivity contribution in [1.29, 1.82) is 0 Å². The van der Waals surface area contributed by atoms with Gasteiger partial charge in [-0.2, -0.15) is 1.33 Å². The Morgan fingerprint density at radius 2 is 1.62 bits per heavy atom. The van der Waals surface area contributed by atoms with E-state index in [-0.39, 0.29) is 0 Å². The number of hydrogen-bond donors (Lipinski definition) is 0. The molecule has 0 atom stereocenters. The lowest BCUT2D eigenvalue weighted by molar-refractivity contribution is 0.405. The molecule has 8 heavy (non-hydrogen) atoms. The maximum Gasteiger partial charge on any atom is 0.0312 e. The van der Waals surface area contributed by atoms with Crippen molar-refractivity contribution in [2.75, 3.05) is 27.2 Å². The lowest BCUT2D eigenvalue weighted by atomic mass is 10.6. The predicted molar refractivity (Wildman–Crippen MR) is 53.3 cm³/mol. The highest BCUT2D eigenvalue weighted by molar-refractivity contribution is 14.2. The minimum absolute atomic E-state index is 1.12. The molecule has 0 heterocycles. The van der Waals surface area contributed by atoms with Crippen LogP contribution >= 0.6 is 45.7 Å². The Morgan fingerprint density at radius 3 is 1.75 bits per heavy atom. The van der Waals surface area contributed by atoms with Gasteiger partial charge in [-0.1, -0.05) is 0 Å². The molecule has 0 unspecified atom stereocenters. The molecule has 0 fully saturated rings. The van der Waals surface area contributed by atoms with E-state index in [2.05, 4.69) is 66.1 Å². The molecule has 0 radical (unpaired) electrons. The molecule has 4 heteroatoms. The summed E-state index contributed by atoms with van der Waals surface area (Å²) in [5.74, 6) is 0. The van der Waals surface area contributed by atoms with Crippen molar-refractivity contribution < 1.29 is 0 Å². The summed E-state index contributed by atoms with van der Waals surface area (Å²) in [5.41, 5.74) is 0. The highest BCUT2D eigenvalue weighted by Gasteiger charge is 1.92. The van der Waals surface area contributed by atoms with E-state index in [0.29, 0.717) is 0 Å². The molecular weight excluding hydrogens is 330 g/mol. The summed E-state index contributed by atoms with van der Waals surface area (Å²) >= 11 is 4.54. The molecule has 0 aromatic carbocycles. The zero-order chi connectivity index (χ0) is 6.57. The van der Waals surface area contributed by atoms with Crippen molar-refractivity contribution in [2.45, 2.75) is 0 Å². The number of halogens is 2. The molecule has 0 saturated heterocycles. The van der Waals surface area contributed by atoms with E-state index in [4.69, 9.17) is 0 Å². The third-order valence-electron chi connectivity index (χ3n) is 0.716. The first-order valence-corrected chi connectivity index (χ1v) is 4.29. The molecular formula is C4H10I2N2. The van der Waals surface area contributed by atoms with Gasteiger partial charge in [-0.25, -0.2) is 0 Å². The first-order valence-electron chi connectivity index (χ1n) is 2.36. The Kier molecular flexibility index (Phi) is 6.08. The summed E-state index contributed by atoms with van der Waals surface area (Å²) in [6.45, 7) is 2.25. The molecule has 0 amide bonds. The Hall–Kier alpha value is 1.38. The van der Waals surface area contributed by atoms with Crippen LogP contribution in [0.2, 0.25) is 0 Å². The molecule has 0 saturated carbocycles. The van der Waals surface area contributed by atoms with Crippen LogP contribution in [0, 0.1) is 0 Å². The van der Waals surface area contributed by atoms with Crippen molar-refractivity contribution >= 4 is 45.7 Å². The summed E-state index contributed by atoms with van der Waals surface area (Å²) in [5, 5.41) is 0. The Labute approximate surface area is 78.6 Å². The molecule has 0 aromatic heterocycles. The van der Waals surface area contributed by atoms with E-state index in [9.17, 15) is 0 Å². The number of likely N-dealkylation sites (N-methyl/N-ethyl adjacent to an activating group) is 1. The second-order valence-electron chi connectivity index (χ2n) is 1.83. The van der Waals surface area contributed by atoms with E-state index in [1.807, 2.05) is 0 Å². The summed E-state index contributed by atoms with van der Waals surface area (Å²) in [4.78, 5) is 2.17. The van der Waals surface area contributed by atoms with Crippen LogP contribution < -0.4 is 0 Å². The summed E-state index contributed by atoms with van der Waals surface area (Å²) < 4.78 is 2.12. The fourth-order valence-electron chi connectivity index (χ4n) is 0.276. The molecule has 0 aliphatic rings. The van der Waals surface area contributed by atoms with Gasteiger partial charge in [0.15, 0.2) is 0 Å². The molecule has 0 aliphatic carbocycles. The van der Waals surface area contributed by atoms with Gasteiger partial charge < -0.3 is 4.90 Å². The number of hydrogen-bond acceptors (Lipinski definition) is 2. The molecule has 0 aliphatic heterocycles. The fraction of sp³-hybridized carbons (Fsp3) is 1.00. The van der Waals surface area contributed by atoms with Gasteiger partial charge in [-0.05, 0) is 14.1 Å². The number of rotatable bonds is 3. The Bertz CT molecular complexity index is 48.0. The van der Waals surface area contributed by atoms with Crippen LogP contribution in [-0.4, -0.2) is 33.4 Å². The maximum absolute atomic E-state index is 2.27. The van der Waals surface area contributed by atoms with E-state index >= 15 is 0 Å². The first kappa shape index (κ1) is 9.38. The topological polar surface area (TPSA) is 6.48 Å². The Morgan fingerprint density at radius 1 is 1.12 bits per heavy atom. The van der Waals surface area contributed by atoms with Gasteiger partial charge in [0.1, 0.15) is 0 Å². The first-order chi connectivity index (χ1) is 3.63. The van der Waals surface area contributed by atoms with Crippen molar-refractivity contribution in [2.24, 2.45) is 0 Å². The van der Waals surface area contributed by atoms with Crippen molar-refractivity contribution in [3.63, 3.8) is 0 Å². The molecule has 0 bridgehead atoms. The molecule has 0 rings (SSSR count). The van der Waals surface area contributed by atoms with Crippen molar-refractivity contribution in [1.82, 2.24) is 6.23 Å². The largest absolute Gasteiger partial charge is 0.308 e. The average Bonchev–Trinajstić information content (AvgIpc) is 1.61. The van der Waals surface area contributed by atoms with Gasteiger partial charge in [-0.3, -0.25) is 0 Å². The SMILES string of the molecule is CN(C)CCN(I)I. The van der Waals surface area contributed by atoms with Crippen molar-refractivity contribution in [3.05, 3.63) is 0 Å². The van der Waals surface area contributed by atoms with E-state index in [1.165, 1.54) is 0 Å². The normalized spacial score (nSPS) is 11.2. The standard InChI is InChI=1S/C4H10I2N2/c1-7(2)3-4-8(5)6/h3-4H2,1-2H3. The second kappa shape index (κ2) is 5.19. The van der Waals surface area contributed by atoms with Crippen LogP contribution in [-0.2, 0) is 0 Å². The summed E-state index contributed by atoms with van der Waals surface area (Å²) in [6, 6.07) is 0. The summed E-state index contributed by atoms with van der Waals surface area (Å²) in [6.07, 6.45) is 0. The van der Waals surface area contributed by atoms with E-state index in [1.54, 1.807) is 0 Å². The summed E-state index contributed by atoms with van der Waals surface area (Å²) in [7, 11) is 4.16. The molecule has 0 N–H and O–H groups in total. The minimum atomic E-state index is 1.12. The van der Waals surface area contributed by atoms with Gasteiger partial charge in [0.2, 0.25) is 0 Å². The van der Waals surface area contributed by atoms with Crippen LogP contribution in [0.25, 0.3) is 0 Å². The monoisotopic (exact) mass is 340 g/mol. The second-order valence-corrected chi connectivity index (χ2v) is 6.01. The third-order valence-corrected chi connectivity index (χ3v) is 1.68. The van der Waals surface area contributed by atoms with Gasteiger partial charge in [0.05, 0.1) is 0 Å².